The molecule has 0 spiro atoms. The Morgan fingerprint density at radius 2 is 2.22 bits per heavy atom. The van der Waals surface area contributed by atoms with Gasteiger partial charge in [0.25, 0.3) is 0 Å². The fourth-order valence-electron chi connectivity index (χ4n) is 2.45. The van der Waals surface area contributed by atoms with Crippen LogP contribution in [-0.4, -0.2) is 41.3 Å². The van der Waals surface area contributed by atoms with Crippen LogP contribution in [0.1, 0.15) is 18.2 Å². The van der Waals surface area contributed by atoms with Gasteiger partial charge in [0.05, 0.1) is 19.9 Å². The zero-order chi connectivity index (χ0) is 16.8. The Hall–Kier alpha value is -2.34. The van der Waals surface area contributed by atoms with Gasteiger partial charge < -0.3 is 10.1 Å². The van der Waals surface area contributed by atoms with Crippen molar-refractivity contribution < 1.29 is 9.53 Å². The molecule has 0 bridgehead atoms. The number of hydrogen-bond donors (Lipinski definition) is 1. The Morgan fingerprint density at radius 3 is 2.87 bits per heavy atom. The predicted octanol–water partition coefficient (Wildman–Crippen LogP) is 2.29. The first-order valence-electron chi connectivity index (χ1n) is 7.67. The lowest BCUT2D eigenvalue weighted by Crippen LogP contribution is -2.30. The number of likely N-dealkylation sites (N-methyl/N-ethyl adjacent to an activating group) is 1. The van der Waals surface area contributed by atoms with E-state index in [0.29, 0.717) is 13.1 Å². The Labute approximate surface area is 137 Å². The van der Waals surface area contributed by atoms with Gasteiger partial charge in [0, 0.05) is 36.1 Å². The standard InChI is InChI=1S/C17H24N4O2/c1-5-21-13(2)14(10-18-21)11-20(3)12-17(22)19-15-7-6-8-16(9-15)23-4/h6-10H,5,11-12H2,1-4H3,(H,19,22). The molecule has 0 aliphatic carbocycles. The van der Waals surface area contributed by atoms with Crippen molar-refractivity contribution in [2.75, 3.05) is 26.0 Å². The van der Waals surface area contributed by atoms with Crippen molar-refractivity contribution in [1.29, 1.82) is 0 Å². The molecule has 0 radical (unpaired) electrons. The first-order chi connectivity index (χ1) is 11.0. The van der Waals surface area contributed by atoms with E-state index in [9.17, 15) is 4.79 Å². The largest absolute Gasteiger partial charge is 0.497 e. The first-order valence-corrected chi connectivity index (χ1v) is 7.67. The van der Waals surface area contributed by atoms with Gasteiger partial charge in [-0.1, -0.05) is 6.07 Å². The molecule has 124 valence electrons. The van der Waals surface area contributed by atoms with Crippen molar-refractivity contribution in [2.45, 2.75) is 26.9 Å². The Morgan fingerprint density at radius 1 is 1.43 bits per heavy atom. The number of carbonyl (C=O) groups excluding carboxylic acids is 1. The lowest BCUT2D eigenvalue weighted by molar-refractivity contribution is -0.117. The molecule has 2 aromatic rings. The Bertz CT molecular complexity index is 666. The molecule has 6 nitrogen and oxygen atoms in total. The van der Waals surface area contributed by atoms with E-state index in [0.717, 1.165) is 29.2 Å². The highest BCUT2D eigenvalue weighted by Crippen LogP contribution is 2.16. The van der Waals surface area contributed by atoms with Crippen LogP contribution in [-0.2, 0) is 17.9 Å². The number of nitrogens with zero attached hydrogens (tertiary/aromatic N) is 3. The molecule has 0 aliphatic heterocycles. The van der Waals surface area contributed by atoms with Gasteiger partial charge in [-0.25, -0.2) is 0 Å². The minimum absolute atomic E-state index is 0.0544. The van der Waals surface area contributed by atoms with Gasteiger partial charge in [0.1, 0.15) is 5.75 Å². The summed E-state index contributed by atoms with van der Waals surface area (Å²) in [6.45, 7) is 5.97. The minimum Gasteiger partial charge on any atom is -0.497 e. The fourth-order valence-corrected chi connectivity index (χ4v) is 2.45. The van der Waals surface area contributed by atoms with Crippen molar-refractivity contribution in [1.82, 2.24) is 14.7 Å². The van der Waals surface area contributed by atoms with Crippen LogP contribution in [0, 0.1) is 6.92 Å². The lowest BCUT2D eigenvalue weighted by atomic mass is 10.2. The first kappa shape index (κ1) is 17.0. The molecule has 23 heavy (non-hydrogen) atoms. The van der Waals surface area contributed by atoms with Crippen LogP contribution >= 0.6 is 0 Å². The number of benzene rings is 1. The number of nitrogens with one attached hydrogen (secondary N) is 1. The number of amides is 1. The molecule has 0 fully saturated rings. The summed E-state index contributed by atoms with van der Waals surface area (Å²) < 4.78 is 7.11. The highest BCUT2D eigenvalue weighted by Gasteiger charge is 2.11. The molecule has 0 saturated heterocycles. The number of methoxy groups -OCH3 is 1. The van der Waals surface area contributed by atoms with Crippen LogP contribution in [0.5, 0.6) is 5.75 Å². The van der Waals surface area contributed by atoms with Gasteiger partial charge in [-0.2, -0.15) is 5.10 Å². The maximum Gasteiger partial charge on any atom is 0.238 e. The summed E-state index contributed by atoms with van der Waals surface area (Å²) in [5.41, 5.74) is 3.02. The second kappa shape index (κ2) is 7.78. The molecular formula is C17H24N4O2. The smallest absolute Gasteiger partial charge is 0.238 e. The molecule has 6 heteroatoms. The van der Waals surface area contributed by atoms with Crippen molar-refractivity contribution in [3.8, 4) is 5.75 Å². The molecule has 0 atom stereocenters. The summed E-state index contributed by atoms with van der Waals surface area (Å²) in [6.07, 6.45) is 1.87. The summed E-state index contributed by atoms with van der Waals surface area (Å²) in [6, 6.07) is 7.33. The van der Waals surface area contributed by atoms with Crippen molar-refractivity contribution in [3.05, 3.63) is 41.7 Å². The molecule has 0 aliphatic rings. The molecule has 1 amide bonds. The fraction of sp³-hybridized carbons (Fsp3) is 0.412. The van der Waals surface area contributed by atoms with Gasteiger partial charge >= 0.3 is 0 Å². The highest BCUT2D eigenvalue weighted by molar-refractivity contribution is 5.92. The Balaban J connectivity index is 1.90. The number of aromatic nitrogens is 2. The van der Waals surface area contributed by atoms with Gasteiger partial charge in [0.2, 0.25) is 5.91 Å². The SMILES string of the molecule is CCn1ncc(CN(C)CC(=O)Nc2cccc(OC)c2)c1C. The summed E-state index contributed by atoms with van der Waals surface area (Å²) in [7, 11) is 3.53. The monoisotopic (exact) mass is 316 g/mol. The average Bonchev–Trinajstić information content (AvgIpc) is 2.87. The summed E-state index contributed by atoms with van der Waals surface area (Å²) >= 11 is 0. The molecule has 1 N–H and O–H groups in total. The van der Waals surface area contributed by atoms with Gasteiger partial charge in [-0.3, -0.25) is 14.4 Å². The van der Waals surface area contributed by atoms with E-state index in [1.165, 1.54) is 0 Å². The van der Waals surface area contributed by atoms with Crippen LogP contribution in [0.4, 0.5) is 5.69 Å². The van der Waals surface area contributed by atoms with Crippen LogP contribution in [0.15, 0.2) is 30.5 Å². The zero-order valence-corrected chi connectivity index (χ0v) is 14.2. The zero-order valence-electron chi connectivity index (χ0n) is 14.2. The third-order valence-corrected chi connectivity index (χ3v) is 3.71. The number of aryl methyl sites for hydroxylation is 1. The van der Waals surface area contributed by atoms with Crippen molar-refractivity contribution >= 4 is 11.6 Å². The van der Waals surface area contributed by atoms with Gasteiger partial charge in [-0.15, -0.1) is 0 Å². The van der Waals surface area contributed by atoms with Crippen LogP contribution < -0.4 is 10.1 Å². The second-order valence-corrected chi connectivity index (χ2v) is 5.52. The summed E-state index contributed by atoms with van der Waals surface area (Å²) in [5, 5.41) is 7.21. The average molecular weight is 316 g/mol. The van der Waals surface area contributed by atoms with E-state index in [4.69, 9.17) is 4.74 Å². The molecule has 0 unspecified atom stereocenters. The minimum atomic E-state index is -0.0544. The summed E-state index contributed by atoms with van der Waals surface area (Å²) in [4.78, 5) is 14.1. The second-order valence-electron chi connectivity index (χ2n) is 5.52. The topological polar surface area (TPSA) is 59.4 Å². The van der Waals surface area contributed by atoms with E-state index in [1.54, 1.807) is 13.2 Å². The highest BCUT2D eigenvalue weighted by atomic mass is 16.5. The van der Waals surface area contributed by atoms with E-state index in [-0.39, 0.29) is 5.91 Å². The van der Waals surface area contributed by atoms with Crippen LogP contribution in [0.2, 0.25) is 0 Å². The third kappa shape index (κ3) is 4.56. The maximum atomic E-state index is 12.1. The van der Waals surface area contributed by atoms with Crippen molar-refractivity contribution in [3.63, 3.8) is 0 Å². The lowest BCUT2D eigenvalue weighted by Gasteiger charge is -2.16. The number of ether oxygens (including phenoxy) is 1. The van der Waals surface area contributed by atoms with Crippen molar-refractivity contribution in [2.24, 2.45) is 0 Å². The van der Waals surface area contributed by atoms with E-state index >= 15 is 0 Å². The van der Waals surface area contributed by atoms with Crippen LogP contribution in [0.25, 0.3) is 0 Å². The van der Waals surface area contributed by atoms with E-state index in [1.807, 2.05) is 41.0 Å². The quantitative estimate of drug-likeness (QED) is 0.851. The van der Waals surface area contributed by atoms with E-state index < -0.39 is 0 Å². The summed E-state index contributed by atoms with van der Waals surface area (Å²) in [5.74, 6) is 0.667. The predicted molar refractivity (Wildman–Crippen MR) is 90.6 cm³/mol. The number of hydrogen-bond acceptors (Lipinski definition) is 4. The Kier molecular flexibility index (Phi) is 5.76. The third-order valence-electron chi connectivity index (χ3n) is 3.71. The van der Waals surface area contributed by atoms with E-state index in [2.05, 4.69) is 24.3 Å². The van der Waals surface area contributed by atoms with Gasteiger partial charge in [-0.05, 0) is 33.0 Å². The molecule has 1 aromatic carbocycles. The molecule has 2 rings (SSSR count). The number of carbonyl (C=O) groups is 1. The normalized spacial score (nSPS) is 10.8. The van der Waals surface area contributed by atoms with Crippen LogP contribution in [0.3, 0.4) is 0 Å². The molecule has 0 saturated carbocycles. The van der Waals surface area contributed by atoms with Gasteiger partial charge in [0.15, 0.2) is 0 Å². The molecular weight excluding hydrogens is 292 g/mol. The number of anilines is 1. The molecule has 1 heterocycles. The number of rotatable bonds is 7. The molecule has 1 aromatic heterocycles. The maximum absolute atomic E-state index is 12.1.